The highest BCUT2D eigenvalue weighted by Crippen LogP contribution is 2.24. The second kappa shape index (κ2) is 5.46. The summed E-state index contributed by atoms with van der Waals surface area (Å²) in [5.74, 6) is 0. The van der Waals surface area contributed by atoms with Crippen molar-refractivity contribution in [1.29, 1.82) is 5.26 Å². The lowest BCUT2D eigenvalue weighted by molar-refractivity contribution is 1.18. The molecule has 0 aliphatic rings. The summed E-state index contributed by atoms with van der Waals surface area (Å²) >= 11 is 5.30. The Labute approximate surface area is 116 Å². The minimum Gasteiger partial charge on any atom is -0.396 e. The molecule has 5 heteroatoms. The van der Waals surface area contributed by atoms with Crippen molar-refractivity contribution in [2.45, 2.75) is 6.92 Å². The largest absolute Gasteiger partial charge is 0.396 e. The molecule has 0 unspecified atom stereocenters. The Bertz CT molecular complexity index is 659. The van der Waals surface area contributed by atoms with E-state index in [9.17, 15) is 0 Å². The Balaban J connectivity index is 2.31. The average molecular weight is 268 g/mol. The predicted molar refractivity (Wildman–Crippen MR) is 79.9 cm³/mol. The maximum atomic E-state index is 9.04. The van der Waals surface area contributed by atoms with Gasteiger partial charge in [0, 0.05) is 5.56 Å². The molecule has 0 saturated heterocycles. The van der Waals surface area contributed by atoms with Crippen molar-refractivity contribution < 1.29 is 0 Å². The van der Waals surface area contributed by atoms with Gasteiger partial charge in [-0.2, -0.15) is 5.26 Å². The number of thiocarbonyl (C=S) groups is 1. The molecule has 0 atom stereocenters. The SMILES string of the molecule is Cc1ncc(NC(=S)c2ccccc2)c(N)c1C#N. The zero-order chi connectivity index (χ0) is 13.8. The van der Waals surface area contributed by atoms with E-state index in [0.717, 1.165) is 5.56 Å². The van der Waals surface area contributed by atoms with Crippen LogP contribution in [0.15, 0.2) is 36.5 Å². The Hall–Kier alpha value is -2.45. The van der Waals surface area contributed by atoms with Crippen molar-refractivity contribution in [2.75, 3.05) is 11.1 Å². The minimum absolute atomic E-state index is 0.369. The number of nitrogens with two attached hydrogens (primary N) is 1. The van der Waals surface area contributed by atoms with Gasteiger partial charge >= 0.3 is 0 Å². The quantitative estimate of drug-likeness (QED) is 0.819. The average Bonchev–Trinajstić information content (AvgIpc) is 2.43. The molecule has 0 fully saturated rings. The van der Waals surface area contributed by atoms with E-state index in [1.807, 2.05) is 36.4 Å². The van der Waals surface area contributed by atoms with E-state index >= 15 is 0 Å². The number of nitriles is 1. The van der Waals surface area contributed by atoms with Gasteiger partial charge in [0.05, 0.1) is 28.8 Å². The number of aryl methyl sites for hydroxylation is 1. The maximum absolute atomic E-state index is 9.04. The number of hydrogen-bond donors (Lipinski definition) is 2. The maximum Gasteiger partial charge on any atom is 0.111 e. The fourth-order valence-electron chi connectivity index (χ4n) is 1.65. The van der Waals surface area contributed by atoms with Crippen molar-refractivity contribution in [3.8, 4) is 6.07 Å². The lowest BCUT2D eigenvalue weighted by atomic mass is 10.1. The predicted octanol–water partition coefficient (Wildman–Crippen LogP) is 2.63. The number of nitrogen functional groups attached to an aromatic ring is 1. The molecule has 0 aliphatic heterocycles. The molecule has 0 aliphatic carbocycles. The normalized spacial score (nSPS) is 9.68. The summed E-state index contributed by atoms with van der Waals surface area (Å²) in [7, 11) is 0. The van der Waals surface area contributed by atoms with Gasteiger partial charge in [0.25, 0.3) is 0 Å². The summed E-state index contributed by atoms with van der Waals surface area (Å²) in [4.78, 5) is 4.68. The van der Waals surface area contributed by atoms with Crippen LogP contribution in [0.25, 0.3) is 0 Å². The summed E-state index contributed by atoms with van der Waals surface area (Å²) in [6.45, 7) is 1.74. The third-order valence-electron chi connectivity index (χ3n) is 2.70. The van der Waals surface area contributed by atoms with E-state index in [1.165, 1.54) is 0 Å². The molecule has 0 spiro atoms. The fraction of sp³-hybridized carbons (Fsp3) is 0.0714. The van der Waals surface area contributed by atoms with Crippen LogP contribution in [0.5, 0.6) is 0 Å². The van der Waals surface area contributed by atoms with Crippen molar-refractivity contribution >= 4 is 28.6 Å². The molecular formula is C14H12N4S. The highest BCUT2D eigenvalue weighted by atomic mass is 32.1. The van der Waals surface area contributed by atoms with E-state index in [2.05, 4.69) is 10.3 Å². The van der Waals surface area contributed by atoms with Crippen LogP contribution in [0.3, 0.4) is 0 Å². The third-order valence-corrected chi connectivity index (χ3v) is 3.04. The lowest BCUT2D eigenvalue weighted by Crippen LogP contribution is -2.13. The van der Waals surface area contributed by atoms with E-state index in [1.54, 1.807) is 13.1 Å². The molecule has 2 aromatic rings. The smallest absolute Gasteiger partial charge is 0.111 e. The van der Waals surface area contributed by atoms with Gasteiger partial charge < -0.3 is 11.1 Å². The van der Waals surface area contributed by atoms with Crippen LogP contribution in [0.2, 0.25) is 0 Å². The first-order valence-electron chi connectivity index (χ1n) is 5.65. The number of benzene rings is 1. The Kier molecular flexibility index (Phi) is 3.74. The molecule has 0 radical (unpaired) electrons. The van der Waals surface area contributed by atoms with Crippen molar-refractivity contribution in [3.05, 3.63) is 53.3 Å². The molecule has 4 nitrogen and oxygen atoms in total. The molecule has 19 heavy (non-hydrogen) atoms. The Morgan fingerprint density at radius 2 is 2.05 bits per heavy atom. The highest BCUT2D eigenvalue weighted by Gasteiger charge is 2.10. The van der Waals surface area contributed by atoms with Crippen molar-refractivity contribution in [3.63, 3.8) is 0 Å². The van der Waals surface area contributed by atoms with Crippen LogP contribution in [-0.2, 0) is 0 Å². The van der Waals surface area contributed by atoms with Crippen LogP contribution in [0, 0.1) is 18.3 Å². The van der Waals surface area contributed by atoms with Gasteiger partial charge in [0.2, 0.25) is 0 Å². The zero-order valence-electron chi connectivity index (χ0n) is 10.3. The van der Waals surface area contributed by atoms with Gasteiger partial charge in [-0.25, -0.2) is 0 Å². The minimum atomic E-state index is 0.369. The van der Waals surface area contributed by atoms with E-state index < -0.39 is 0 Å². The van der Waals surface area contributed by atoms with Gasteiger partial charge in [-0.05, 0) is 6.92 Å². The molecule has 0 bridgehead atoms. The monoisotopic (exact) mass is 268 g/mol. The fourth-order valence-corrected chi connectivity index (χ4v) is 1.90. The number of nitrogens with one attached hydrogen (secondary N) is 1. The molecule has 3 N–H and O–H groups in total. The highest BCUT2D eigenvalue weighted by molar-refractivity contribution is 7.81. The summed E-state index contributed by atoms with van der Waals surface area (Å²) in [6.07, 6.45) is 1.58. The van der Waals surface area contributed by atoms with Gasteiger partial charge in [0.15, 0.2) is 0 Å². The lowest BCUT2D eigenvalue weighted by Gasteiger charge is -2.12. The summed E-state index contributed by atoms with van der Waals surface area (Å²) in [5, 5.41) is 12.1. The van der Waals surface area contributed by atoms with Gasteiger partial charge in [-0.3, -0.25) is 4.98 Å². The number of aromatic nitrogens is 1. The molecular weight excluding hydrogens is 256 g/mol. The first kappa shape index (κ1) is 13.0. The van der Waals surface area contributed by atoms with Crippen LogP contribution in [-0.4, -0.2) is 9.97 Å². The zero-order valence-corrected chi connectivity index (χ0v) is 11.2. The van der Waals surface area contributed by atoms with Crippen LogP contribution in [0.1, 0.15) is 16.8 Å². The number of pyridine rings is 1. The Morgan fingerprint density at radius 1 is 1.37 bits per heavy atom. The molecule has 1 aromatic carbocycles. The van der Waals surface area contributed by atoms with Gasteiger partial charge in [-0.1, -0.05) is 42.5 Å². The number of rotatable bonds is 2. The molecule has 94 valence electrons. The summed E-state index contributed by atoms with van der Waals surface area (Å²) in [5.41, 5.74) is 8.73. The number of nitrogens with zero attached hydrogens (tertiary/aromatic N) is 2. The molecule has 2 rings (SSSR count). The molecule has 1 heterocycles. The first-order chi connectivity index (χ1) is 9.13. The second-order valence-electron chi connectivity index (χ2n) is 3.98. The van der Waals surface area contributed by atoms with Gasteiger partial charge in [-0.15, -0.1) is 0 Å². The van der Waals surface area contributed by atoms with Crippen LogP contribution in [0.4, 0.5) is 11.4 Å². The van der Waals surface area contributed by atoms with Crippen LogP contribution < -0.4 is 11.1 Å². The topological polar surface area (TPSA) is 74.7 Å². The second-order valence-corrected chi connectivity index (χ2v) is 4.39. The third kappa shape index (κ3) is 2.69. The molecule has 1 aromatic heterocycles. The number of hydrogen-bond acceptors (Lipinski definition) is 4. The first-order valence-corrected chi connectivity index (χ1v) is 6.06. The van der Waals surface area contributed by atoms with Crippen molar-refractivity contribution in [1.82, 2.24) is 4.98 Å². The summed E-state index contributed by atoms with van der Waals surface area (Å²) in [6, 6.07) is 11.6. The summed E-state index contributed by atoms with van der Waals surface area (Å²) < 4.78 is 0. The number of anilines is 2. The van der Waals surface area contributed by atoms with E-state index in [4.69, 9.17) is 23.2 Å². The Morgan fingerprint density at radius 3 is 2.68 bits per heavy atom. The van der Waals surface area contributed by atoms with Gasteiger partial charge in [0.1, 0.15) is 11.1 Å². The van der Waals surface area contributed by atoms with Crippen molar-refractivity contribution in [2.24, 2.45) is 0 Å². The van der Waals surface area contributed by atoms with E-state index in [-0.39, 0.29) is 0 Å². The standard InChI is InChI=1S/C14H12N4S/c1-9-11(7-15)13(16)12(8-17-9)18-14(19)10-5-3-2-4-6-10/h2-6,8H,1H3,(H2,16,17)(H,18,19). The van der Waals surface area contributed by atoms with Crippen LogP contribution >= 0.6 is 12.2 Å². The molecule has 0 amide bonds. The molecule has 0 saturated carbocycles. The van der Waals surface area contributed by atoms with E-state index in [0.29, 0.717) is 27.6 Å².